The normalized spacial score (nSPS) is 18.3. The van der Waals surface area contributed by atoms with Crippen molar-refractivity contribution < 1.29 is 27.9 Å². The second-order valence-corrected chi connectivity index (χ2v) is 8.24. The number of ether oxygens (including phenoxy) is 1. The van der Waals surface area contributed by atoms with E-state index in [0.29, 0.717) is 18.7 Å². The van der Waals surface area contributed by atoms with Crippen molar-refractivity contribution in [3.8, 4) is 0 Å². The van der Waals surface area contributed by atoms with Crippen LogP contribution in [0.5, 0.6) is 0 Å². The average Bonchev–Trinajstić information content (AvgIpc) is 2.98. The summed E-state index contributed by atoms with van der Waals surface area (Å²) in [5.41, 5.74) is 0.772. The van der Waals surface area contributed by atoms with Gasteiger partial charge >= 0.3 is 5.97 Å². The Labute approximate surface area is 153 Å². The number of hydrogen-bond donors (Lipinski definition) is 2. The molecule has 0 radical (unpaired) electrons. The Kier molecular flexibility index (Phi) is 6.98. The van der Waals surface area contributed by atoms with Crippen LogP contribution in [0, 0.1) is 0 Å². The van der Waals surface area contributed by atoms with Crippen LogP contribution < -0.4 is 5.32 Å². The van der Waals surface area contributed by atoms with Gasteiger partial charge in [0.15, 0.2) is 16.4 Å². The van der Waals surface area contributed by atoms with Crippen molar-refractivity contribution in [1.82, 2.24) is 4.90 Å². The van der Waals surface area contributed by atoms with Crippen molar-refractivity contribution in [3.05, 3.63) is 29.8 Å². The summed E-state index contributed by atoms with van der Waals surface area (Å²) in [6.07, 6.45) is 0.407. The Bertz CT molecular complexity index is 749. The Balaban J connectivity index is 1.97. The zero-order chi connectivity index (χ0) is 19.2. The molecule has 1 heterocycles. The van der Waals surface area contributed by atoms with Crippen molar-refractivity contribution in [2.45, 2.75) is 19.4 Å². The molecule has 2 rings (SSSR count). The number of benzene rings is 1. The number of hydrogen-bond acceptors (Lipinski definition) is 7. The highest BCUT2D eigenvalue weighted by Gasteiger charge is 2.34. The molecule has 144 valence electrons. The van der Waals surface area contributed by atoms with Crippen molar-refractivity contribution in [2.24, 2.45) is 0 Å². The van der Waals surface area contributed by atoms with Gasteiger partial charge in [-0.15, -0.1) is 0 Å². The third-order valence-electron chi connectivity index (χ3n) is 4.21. The summed E-state index contributed by atoms with van der Waals surface area (Å²) in [7, 11) is -3.10. The van der Waals surface area contributed by atoms with Crippen LogP contribution in [-0.2, 0) is 19.4 Å². The molecular formula is C17H24N2O6S. The second kappa shape index (κ2) is 9.00. The maximum Gasteiger partial charge on any atom is 0.340 e. The summed E-state index contributed by atoms with van der Waals surface area (Å²) in [6.45, 7) is 1.86. The van der Waals surface area contributed by atoms with Crippen LogP contribution in [0.2, 0.25) is 0 Å². The van der Waals surface area contributed by atoms with Gasteiger partial charge in [-0.1, -0.05) is 12.1 Å². The Hall–Kier alpha value is -2.13. The van der Waals surface area contributed by atoms with Crippen LogP contribution in [0.25, 0.3) is 0 Å². The molecule has 1 amide bonds. The lowest BCUT2D eigenvalue weighted by molar-refractivity contribution is -0.136. The maximum atomic E-state index is 12.4. The molecule has 8 nitrogen and oxygen atoms in total. The number of amides is 1. The van der Waals surface area contributed by atoms with Crippen molar-refractivity contribution in [2.75, 3.05) is 43.1 Å². The lowest BCUT2D eigenvalue weighted by Gasteiger charge is -2.26. The van der Waals surface area contributed by atoms with E-state index in [1.54, 1.807) is 31.2 Å². The first-order valence-electron chi connectivity index (χ1n) is 8.48. The number of nitrogens with zero attached hydrogens (tertiary/aromatic N) is 1. The fraction of sp³-hybridized carbons (Fsp3) is 0.529. The summed E-state index contributed by atoms with van der Waals surface area (Å²) in [5.74, 6) is -1.04. The van der Waals surface area contributed by atoms with Crippen LogP contribution in [0.1, 0.15) is 23.7 Å². The number of likely N-dealkylation sites (N-methyl/N-ethyl adjacent to an activating group) is 1. The molecule has 9 heteroatoms. The molecule has 1 aromatic carbocycles. The van der Waals surface area contributed by atoms with E-state index in [0.717, 1.165) is 0 Å². The Morgan fingerprint density at radius 2 is 2.08 bits per heavy atom. The SMILES string of the molecule is CCN(C(=O)COC(=O)c1ccccc1NCCO)[C@@H]1CCS(=O)(=O)C1. The van der Waals surface area contributed by atoms with Gasteiger partial charge in [0.25, 0.3) is 5.91 Å². The van der Waals surface area contributed by atoms with Crippen molar-refractivity contribution >= 4 is 27.4 Å². The molecule has 0 aliphatic carbocycles. The van der Waals surface area contributed by atoms with Crippen LogP contribution in [0.3, 0.4) is 0 Å². The first kappa shape index (κ1) is 20.2. The fourth-order valence-electron chi connectivity index (χ4n) is 2.95. The van der Waals surface area contributed by atoms with Gasteiger partial charge in [-0.3, -0.25) is 4.79 Å². The van der Waals surface area contributed by atoms with Gasteiger partial charge in [0.1, 0.15) is 0 Å². The number of nitrogens with one attached hydrogen (secondary N) is 1. The van der Waals surface area contributed by atoms with E-state index in [9.17, 15) is 18.0 Å². The molecule has 0 aromatic heterocycles. The minimum absolute atomic E-state index is 0.0472. The third-order valence-corrected chi connectivity index (χ3v) is 5.96. The van der Waals surface area contributed by atoms with Crippen LogP contribution in [0.15, 0.2) is 24.3 Å². The average molecular weight is 384 g/mol. The molecule has 1 aliphatic rings. The predicted octanol–water partition coefficient (Wildman–Crippen LogP) is 0.283. The molecule has 0 saturated carbocycles. The summed E-state index contributed by atoms with van der Waals surface area (Å²) in [4.78, 5) is 26.1. The number of esters is 1. The number of anilines is 1. The molecule has 1 saturated heterocycles. The van der Waals surface area contributed by atoms with Crippen molar-refractivity contribution in [1.29, 1.82) is 0 Å². The molecule has 2 N–H and O–H groups in total. The van der Waals surface area contributed by atoms with E-state index >= 15 is 0 Å². The monoisotopic (exact) mass is 384 g/mol. The number of para-hydroxylation sites is 1. The fourth-order valence-corrected chi connectivity index (χ4v) is 4.68. The van der Waals surface area contributed by atoms with E-state index in [2.05, 4.69) is 5.32 Å². The van der Waals surface area contributed by atoms with Gasteiger partial charge in [-0.05, 0) is 25.5 Å². The standard InChI is InChI=1S/C17H24N2O6S/c1-2-19(13-7-10-26(23,24)12-13)16(21)11-25-17(22)14-5-3-4-6-15(14)18-8-9-20/h3-6,13,18,20H,2,7-12H2,1H3/t13-/m1/s1. The minimum Gasteiger partial charge on any atom is -0.452 e. The summed E-state index contributed by atoms with van der Waals surface area (Å²) in [5, 5.41) is 11.8. The highest BCUT2D eigenvalue weighted by atomic mass is 32.2. The van der Waals surface area contributed by atoms with E-state index in [4.69, 9.17) is 9.84 Å². The number of rotatable bonds is 8. The van der Waals surface area contributed by atoms with E-state index < -0.39 is 28.3 Å². The maximum absolute atomic E-state index is 12.4. The molecule has 1 fully saturated rings. The number of aliphatic hydroxyl groups excluding tert-OH is 1. The molecule has 1 atom stereocenters. The third kappa shape index (κ3) is 5.18. The van der Waals surface area contributed by atoms with Crippen molar-refractivity contribution in [3.63, 3.8) is 0 Å². The molecule has 1 aliphatic heterocycles. The van der Waals surface area contributed by atoms with Crippen LogP contribution >= 0.6 is 0 Å². The largest absolute Gasteiger partial charge is 0.452 e. The quantitative estimate of drug-likeness (QED) is 0.619. The second-order valence-electron chi connectivity index (χ2n) is 6.01. The Morgan fingerprint density at radius 1 is 1.35 bits per heavy atom. The van der Waals surface area contributed by atoms with Gasteiger partial charge < -0.3 is 20.1 Å². The number of sulfone groups is 1. The van der Waals surface area contributed by atoms with E-state index in [-0.39, 0.29) is 36.3 Å². The van der Waals surface area contributed by atoms with Crippen LogP contribution in [0.4, 0.5) is 5.69 Å². The molecule has 0 unspecified atom stereocenters. The zero-order valence-electron chi connectivity index (χ0n) is 14.7. The molecule has 1 aromatic rings. The zero-order valence-corrected chi connectivity index (χ0v) is 15.5. The van der Waals surface area contributed by atoms with Gasteiger partial charge in [-0.2, -0.15) is 0 Å². The minimum atomic E-state index is -3.10. The molecule has 0 spiro atoms. The van der Waals surface area contributed by atoms with E-state index in [1.807, 2.05) is 0 Å². The lowest BCUT2D eigenvalue weighted by Crippen LogP contribution is -2.43. The number of carbonyl (C=O) groups is 2. The smallest absolute Gasteiger partial charge is 0.340 e. The first-order valence-corrected chi connectivity index (χ1v) is 10.3. The lowest BCUT2D eigenvalue weighted by atomic mass is 10.2. The summed E-state index contributed by atoms with van der Waals surface area (Å²) >= 11 is 0. The predicted molar refractivity (Wildman–Crippen MR) is 96.7 cm³/mol. The highest BCUT2D eigenvalue weighted by Crippen LogP contribution is 2.19. The van der Waals surface area contributed by atoms with Gasteiger partial charge in [0, 0.05) is 24.8 Å². The summed E-state index contributed by atoms with van der Waals surface area (Å²) < 4.78 is 28.3. The Morgan fingerprint density at radius 3 is 2.69 bits per heavy atom. The topological polar surface area (TPSA) is 113 Å². The van der Waals surface area contributed by atoms with Gasteiger partial charge in [0.2, 0.25) is 0 Å². The molecular weight excluding hydrogens is 360 g/mol. The number of carbonyl (C=O) groups excluding carboxylic acids is 2. The molecule has 0 bridgehead atoms. The van der Waals surface area contributed by atoms with Gasteiger partial charge in [-0.25, -0.2) is 13.2 Å². The van der Waals surface area contributed by atoms with Crippen LogP contribution in [-0.4, -0.2) is 74.2 Å². The highest BCUT2D eigenvalue weighted by molar-refractivity contribution is 7.91. The summed E-state index contributed by atoms with van der Waals surface area (Å²) in [6, 6.07) is 6.28. The van der Waals surface area contributed by atoms with E-state index in [1.165, 1.54) is 4.90 Å². The molecule has 26 heavy (non-hydrogen) atoms. The number of aliphatic hydroxyl groups is 1. The van der Waals surface area contributed by atoms with Gasteiger partial charge in [0.05, 0.1) is 23.7 Å². The first-order chi connectivity index (χ1) is 12.4.